The van der Waals surface area contributed by atoms with Crippen molar-refractivity contribution in [2.45, 2.75) is 39.0 Å². The van der Waals surface area contributed by atoms with Crippen molar-refractivity contribution in [2.24, 2.45) is 29.6 Å². The topological polar surface area (TPSA) is 46.5 Å². The Bertz CT molecular complexity index is 330. The van der Waals surface area contributed by atoms with Gasteiger partial charge in [0, 0.05) is 5.57 Å². The van der Waals surface area contributed by atoms with Crippen molar-refractivity contribution in [2.75, 3.05) is 0 Å². The van der Waals surface area contributed by atoms with Gasteiger partial charge in [-0.2, -0.15) is 5.26 Å². The molecule has 0 amide bonds. The van der Waals surface area contributed by atoms with Gasteiger partial charge in [-0.05, 0) is 68.6 Å². The van der Waals surface area contributed by atoms with Gasteiger partial charge in [-0.3, -0.25) is 4.89 Å². The van der Waals surface area contributed by atoms with Gasteiger partial charge in [-0.15, -0.1) is 0 Å². The molecule has 4 aliphatic carbocycles. The first kappa shape index (κ1) is 11.3. The molecule has 4 bridgehead atoms. The second-order valence-electron chi connectivity index (χ2n) is 6.24. The van der Waals surface area contributed by atoms with Crippen LogP contribution in [0.2, 0.25) is 0 Å². The van der Waals surface area contributed by atoms with Crippen LogP contribution in [0.15, 0.2) is 11.6 Å². The van der Waals surface area contributed by atoms with Gasteiger partial charge in [0.05, 0.1) is 0 Å². The highest BCUT2D eigenvalue weighted by Crippen LogP contribution is 2.57. The second-order valence-corrected chi connectivity index (χ2v) is 6.24. The van der Waals surface area contributed by atoms with E-state index >= 15 is 0 Å². The van der Waals surface area contributed by atoms with Gasteiger partial charge in [0.1, 0.15) is 0 Å². The summed E-state index contributed by atoms with van der Waals surface area (Å²) in [5, 5.41) is 8.40. The number of carbonyl (C=O) groups excluding carboxylic acids is 1. The number of carbonyl (C=O) groups is 1. The molecule has 17 heavy (non-hydrogen) atoms. The average molecular weight is 236 g/mol. The van der Waals surface area contributed by atoms with Gasteiger partial charge in [0.2, 0.25) is 0 Å². The Morgan fingerprint density at radius 2 is 1.65 bits per heavy atom. The standard InChI is InChI=1S/C14H20O3/c1-8(14(15)17-16)2-13-11-4-9-3-10(6-11)7-12(13)5-9/h2,9-13,16H,3-7H2,1H3. The van der Waals surface area contributed by atoms with Crippen molar-refractivity contribution in [1.82, 2.24) is 0 Å². The summed E-state index contributed by atoms with van der Waals surface area (Å²) >= 11 is 0. The smallest absolute Gasteiger partial charge is 0.296 e. The van der Waals surface area contributed by atoms with Crippen molar-refractivity contribution in [3.8, 4) is 0 Å². The lowest BCUT2D eigenvalue weighted by Gasteiger charge is -2.53. The van der Waals surface area contributed by atoms with Crippen LogP contribution in [0.4, 0.5) is 0 Å². The Hall–Kier alpha value is -0.830. The molecule has 0 unspecified atom stereocenters. The fourth-order valence-electron chi connectivity index (χ4n) is 4.67. The largest absolute Gasteiger partial charge is 0.368 e. The Morgan fingerprint density at radius 1 is 1.12 bits per heavy atom. The molecule has 0 spiro atoms. The summed E-state index contributed by atoms with van der Waals surface area (Å²) in [5.74, 6) is 3.39. The molecule has 0 aromatic carbocycles. The molecule has 0 saturated heterocycles. The molecule has 0 radical (unpaired) electrons. The number of rotatable bonds is 2. The molecule has 4 fully saturated rings. The van der Waals surface area contributed by atoms with Crippen LogP contribution in [0.25, 0.3) is 0 Å². The average Bonchev–Trinajstić information content (AvgIpc) is 2.31. The minimum absolute atomic E-state index is 0.543. The van der Waals surface area contributed by atoms with Crippen molar-refractivity contribution in [3.05, 3.63) is 11.6 Å². The summed E-state index contributed by atoms with van der Waals surface area (Å²) in [6, 6.07) is 0. The molecule has 4 rings (SSSR count). The predicted octanol–water partition coefficient (Wildman–Crippen LogP) is 3.02. The summed E-state index contributed by atoms with van der Waals surface area (Å²) in [6.45, 7) is 1.74. The third-order valence-corrected chi connectivity index (χ3v) is 5.15. The monoisotopic (exact) mass is 236 g/mol. The van der Waals surface area contributed by atoms with Crippen LogP contribution in [-0.4, -0.2) is 11.2 Å². The summed E-state index contributed by atoms with van der Waals surface area (Å²) < 4.78 is 0. The van der Waals surface area contributed by atoms with Crippen LogP contribution in [0, 0.1) is 29.6 Å². The normalized spacial score (nSPS) is 43.9. The maximum absolute atomic E-state index is 11.2. The van der Waals surface area contributed by atoms with E-state index in [0.717, 1.165) is 23.7 Å². The number of hydrogen-bond acceptors (Lipinski definition) is 3. The third kappa shape index (κ3) is 1.90. The van der Waals surface area contributed by atoms with E-state index in [0.29, 0.717) is 11.5 Å². The van der Waals surface area contributed by atoms with Gasteiger partial charge in [0.15, 0.2) is 0 Å². The summed E-state index contributed by atoms with van der Waals surface area (Å²) in [7, 11) is 0. The van der Waals surface area contributed by atoms with E-state index in [4.69, 9.17) is 5.26 Å². The van der Waals surface area contributed by atoms with Crippen molar-refractivity contribution in [3.63, 3.8) is 0 Å². The molecule has 1 N–H and O–H groups in total. The van der Waals surface area contributed by atoms with E-state index in [9.17, 15) is 4.79 Å². The Morgan fingerprint density at radius 3 is 2.12 bits per heavy atom. The lowest BCUT2D eigenvalue weighted by atomic mass is 9.52. The first-order valence-corrected chi connectivity index (χ1v) is 6.71. The van der Waals surface area contributed by atoms with Crippen molar-refractivity contribution in [1.29, 1.82) is 0 Å². The molecule has 4 aliphatic rings. The minimum atomic E-state index is -0.598. The summed E-state index contributed by atoms with van der Waals surface area (Å²) in [4.78, 5) is 15.0. The lowest BCUT2D eigenvalue weighted by molar-refractivity contribution is -0.229. The van der Waals surface area contributed by atoms with Crippen LogP contribution < -0.4 is 0 Å². The minimum Gasteiger partial charge on any atom is -0.296 e. The van der Waals surface area contributed by atoms with Crippen LogP contribution in [-0.2, 0) is 9.68 Å². The summed E-state index contributed by atoms with van der Waals surface area (Å²) in [5.41, 5.74) is 0.560. The maximum atomic E-state index is 11.2. The van der Waals surface area contributed by atoms with Crippen molar-refractivity contribution < 1.29 is 14.9 Å². The van der Waals surface area contributed by atoms with E-state index in [1.807, 2.05) is 0 Å². The molecule has 94 valence electrons. The quantitative estimate of drug-likeness (QED) is 0.455. The second kappa shape index (κ2) is 4.13. The highest BCUT2D eigenvalue weighted by Gasteiger charge is 2.47. The fourth-order valence-corrected chi connectivity index (χ4v) is 4.67. The first-order chi connectivity index (χ1) is 8.17. The van der Waals surface area contributed by atoms with Gasteiger partial charge < -0.3 is 0 Å². The zero-order chi connectivity index (χ0) is 12.0. The molecule has 0 atom stereocenters. The Labute approximate surface area is 102 Å². The van der Waals surface area contributed by atoms with Crippen LogP contribution >= 0.6 is 0 Å². The Balaban J connectivity index is 1.78. The molecule has 0 heterocycles. The summed E-state index contributed by atoms with van der Waals surface area (Å²) in [6.07, 6.45) is 8.88. The van der Waals surface area contributed by atoms with Gasteiger partial charge in [0.25, 0.3) is 0 Å². The zero-order valence-corrected chi connectivity index (χ0v) is 10.3. The maximum Gasteiger partial charge on any atom is 0.368 e. The van der Waals surface area contributed by atoms with Gasteiger partial charge in [-0.1, -0.05) is 6.08 Å². The highest BCUT2D eigenvalue weighted by molar-refractivity contribution is 5.87. The number of hydrogen-bond donors (Lipinski definition) is 1. The van der Waals surface area contributed by atoms with Crippen LogP contribution in [0.3, 0.4) is 0 Å². The zero-order valence-electron chi connectivity index (χ0n) is 10.3. The Kier molecular flexibility index (Phi) is 2.74. The van der Waals surface area contributed by atoms with E-state index < -0.39 is 5.97 Å². The van der Waals surface area contributed by atoms with Gasteiger partial charge in [-0.25, -0.2) is 4.79 Å². The van der Waals surface area contributed by atoms with E-state index in [1.165, 1.54) is 32.1 Å². The number of allylic oxidation sites excluding steroid dienone is 1. The first-order valence-electron chi connectivity index (χ1n) is 6.71. The highest BCUT2D eigenvalue weighted by atomic mass is 17.1. The van der Waals surface area contributed by atoms with E-state index in [2.05, 4.69) is 11.0 Å². The van der Waals surface area contributed by atoms with Gasteiger partial charge >= 0.3 is 5.97 Å². The molecule has 0 aromatic rings. The molecular formula is C14H20O3. The van der Waals surface area contributed by atoms with E-state index in [1.54, 1.807) is 6.92 Å². The molecule has 0 aromatic heterocycles. The SMILES string of the molecule is CC(=CC1C2CC3CC(C2)CC1C3)C(=O)OO. The van der Waals surface area contributed by atoms with E-state index in [-0.39, 0.29) is 0 Å². The van der Waals surface area contributed by atoms with Crippen LogP contribution in [0.1, 0.15) is 39.0 Å². The predicted molar refractivity (Wildman–Crippen MR) is 63.0 cm³/mol. The third-order valence-electron chi connectivity index (χ3n) is 5.15. The molecule has 4 saturated carbocycles. The lowest BCUT2D eigenvalue weighted by Crippen LogP contribution is -2.44. The fraction of sp³-hybridized carbons (Fsp3) is 0.786. The molecular weight excluding hydrogens is 216 g/mol. The molecule has 0 aliphatic heterocycles. The van der Waals surface area contributed by atoms with Crippen LogP contribution in [0.5, 0.6) is 0 Å². The molecule has 3 nitrogen and oxygen atoms in total. The van der Waals surface area contributed by atoms with Crippen molar-refractivity contribution >= 4 is 5.97 Å². The molecule has 3 heteroatoms.